The third kappa shape index (κ3) is 17.7. The van der Waals surface area contributed by atoms with Crippen molar-refractivity contribution in [3.05, 3.63) is 0 Å². The smallest absolute Gasteiger partial charge is 0.410 e. The number of rotatable bonds is 8. The second-order valence-electron chi connectivity index (χ2n) is 11.0. The molecule has 8 nitrogen and oxygen atoms in total. The summed E-state index contributed by atoms with van der Waals surface area (Å²) in [6.45, 7) is 13.9. The fourth-order valence-electron chi connectivity index (χ4n) is 3.58. The van der Waals surface area contributed by atoms with Crippen LogP contribution in [-0.4, -0.2) is 100 Å². The molecule has 0 radical (unpaired) electrons. The fourth-order valence-corrected chi connectivity index (χ4v) is 4.43. The number of amides is 2. The number of aliphatic hydroxyl groups is 1. The Kier molecular flexibility index (Phi) is 19.3. The lowest BCUT2D eigenvalue weighted by molar-refractivity contribution is 0.0106. The van der Waals surface area contributed by atoms with E-state index in [9.17, 15) is 9.59 Å². The van der Waals surface area contributed by atoms with Gasteiger partial charge in [-0.2, -0.15) is 0 Å². The van der Waals surface area contributed by atoms with E-state index < -0.39 is 11.2 Å². The van der Waals surface area contributed by atoms with Crippen LogP contribution in [0.4, 0.5) is 9.59 Å². The number of nitrogens with zero attached hydrogens (tertiary/aromatic N) is 2. The molecule has 37 heavy (non-hydrogen) atoms. The van der Waals surface area contributed by atoms with E-state index in [0.717, 1.165) is 56.3 Å². The highest BCUT2D eigenvalue weighted by atomic mass is 79.9. The molecule has 0 saturated carbocycles. The van der Waals surface area contributed by atoms with Crippen LogP contribution in [0.5, 0.6) is 0 Å². The SMILES string of the molecule is CC(C)(C)OC(=O)N1CCC[C@@H]1CO.CC(C)(C)OC(=O)N1CCC[C@@H]1COCCCCl.ClCCCBr. The molecule has 11 heteroatoms. The van der Waals surface area contributed by atoms with Crippen molar-refractivity contribution in [2.24, 2.45) is 0 Å². The summed E-state index contributed by atoms with van der Waals surface area (Å²) in [4.78, 5) is 27.0. The molecule has 0 spiro atoms. The molecule has 2 heterocycles. The molecule has 220 valence electrons. The van der Waals surface area contributed by atoms with Crippen molar-refractivity contribution in [2.45, 2.75) is 103 Å². The molecular formula is C26H49BrCl2N2O6. The highest BCUT2D eigenvalue weighted by molar-refractivity contribution is 9.09. The Balaban J connectivity index is 0.000000605. The van der Waals surface area contributed by atoms with Crippen molar-refractivity contribution < 1.29 is 28.9 Å². The highest BCUT2D eigenvalue weighted by Gasteiger charge is 2.32. The first-order valence-electron chi connectivity index (χ1n) is 13.1. The van der Waals surface area contributed by atoms with Crippen molar-refractivity contribution in [3.8, 4) is 0 Å². The fraction of sp³-hybridized carbons (Fsp3) is 0.923. The molecule has 2 aliphatic heterocycles. The topological polar surface area (TPSA) is 88.5 Å². The van der Waals surface area contributed by atoms with Crippen molar-refractivity contribution in [3.63, 3.8) is 0 Å². The first-order valence-corrected chi connectivity index (χ1v) is 15.3. The summed E-state index contributed by atoms with van der Waals surface area (Å²) >= 11 is 14.1. The van der Waals surface area contributed by atoms with E-state index in [4.69, 9.17) is 42.5 Å². The van der Waals surface area contributed by atoms with Gasteiger partial charge in [-0.1, -0.05) is 15.9 Å². The van der Waals surface area contributed by atoms with Gasteiger partial charge >= 0.3 is 12.2 Å². The lowest BCUT2D eigenvalue weighted by Crippen LogP contribution is -2.41. The lowest BCUT2D eigenvalue weighted by atomic mass is 10.2. The molecule has 2 atom stereocenters. The van der Waals surface area contributed by atoms with E-state index in [2.05, 4.69) is 15.9 Å². The Morgan fingerprint density at radius 3 is 1.70 bits per heavy atom. The maximum atomic E-state index is 12.0. The second kappa shape index (κ2) is 19.6. The van der Waals surface area contributed by atoms with E-state index in [1.54, 1.807) is 9.80 Å². The Labute approximate surface area is 242 Å². The average molecular weight is 636 g/mol. The summed E-state index contributed by atoms with van der Waals surface area (Å²) in [6.07, 6.45) is 5.20. The summed E-state index contributed by atoms with van der Waals surface area (Å²) in [5.74, 6) is 1.38. The third-order valence-corrected chi connectivity index (χ3v) is 6.32. The first-order chi connectivity index (χ1) is 17.3. The molecule has 0 aliphatic carbocycles. The number of carbonyl (C=O) groups is 2. The minimum atomic E-state index is -0.459. The monoisotopic (exact) mass is 634 g/mol. The number of ether oxygens (including phenoxy) is 3. The van der Waals surface area contributed by atoms with Gasteiger partial charge in [0.1, 0.15) is 11.2 Å². The molecule has 2 aliphatic rings. The number of alkyl halides is 3. The van der Waals surface area contributed by atoms with Crippen LogP contribution >= 0.6 is 39.1 Å². The van der Waals surface area contributed by atoms with Crippen molar-refractivity contribution >= 4 is 51.3 Å². The number of carbonyl (C=O) groups excluding carboxylic acids is 2. The predicted octanol–water partition coefficient (Wildman–Crippen LogP) is 6.42. The summed E-state index contributed by atoms with van der Waals surface area (Å²) in [6, 6.07) is 0.0972. The van der Waals surface area contributed by atoms with Gasteiger partial charge in [0.2, 0.25) is 0 Å². The Morgan fingerprint density at radius 1 is 0.865 bits per heavy atom. The van der Waals surface area contributed by atoms with E-state index >= 15 is 0 Å². The van der Waals surface area contributed by atoms with Crippen LogP contribution < -0.4 is 0 Å². The predicted molar refractivity (Wildman–Crippen MR) is 154 cm³/mol. The minimum absolute atomic E-state index is 0.0270. The molecule has 0 aromatic carbocycles. The van der Waals surface area contributed by atoms with Crippen molar-refractivity contribution in [1.82, 2.24) is 9.80 Å². The van der Waals surface area contributed by atoms with E-state index in [-0.39, 0.29) is 30.9 Å². The van der Waals surface area contributed by atoms with Crippen LogP contribution in [-0.2, 0) is 14.2 Å². The minimum Gasteiger partial charge on any atom is -0.444 e. The van der Waals surface area contributed by atoms with Crippen molar-refractivity contribution in [1.29, 1.82) is 0 Å². The van der Waals surface area contributed by atoms with Gasteiger partial charge in [-0.05, 0) is 80.1 Å². The van der Waals surface area contributed by atoms with E-state index in [0.29, 0.717) is 25.6 Å². The van der Waals surface area contributed by atoms with Gasteiger partial charge in [0.15, 0.2) is 0 Å². The molecule has 0 aromatic heterocycles. The van der Waals surface area contributed by atoms with Crippen LogP contribution in [0.15, 0.2) is 0 Å². The number of likely N-dealkylation sites (tertiary alicyclic amines) is 2. The Bertz CT molecular complexity index is 629. The van der Waals surface area contributed by atoms with Crippen molar-refractivity contribution in [2.75, 3.05) is 50.0 Å². The van der Waals surface area contributed by atoms with Crippen LogP contribution in [0.3, 0.4) is 0 Å². The maximum absolute atomic E-state index is 12.0. The summed E-state index contributed by atoms with van der Waals surface area (Å²) in [5.41, 5.74) is -0.899. The van der Waals surface area contributed by atoms with Crippen LogP contribution in [0, 0.1) is 0 Å². The van der Waals surface area contributed by atoms with Gasteiger partial charge in [-0.25, -0.2) is 9.59 Å². The molecule has 2 fully saturated rings. The summed E-state index contributed by atoms with van der Waals surface area (Å²) < 4.78 is 16.2. The third-order valence-electron chi connectivity index (χ3n) is 5.22. The van der Waals surface area contributed by atoms with Crippen LogP contribution in [0.2, 0.25) is 0 Å². The van der Waals surface area contributed by atoms with Crippen LogP contribution in [0.25, 0.3) is 0 Å². The summed E-state index contributed by atoms with van der Waals surface area (Å²) in [7, 11) is 0. The molecular weight excluding hydrogens is 587 g/mol. The van der Waals surface area contributed by atoms with Gasteiger partial charge in [-0.15, -0.1) is 23.2 Å². The number of hydrogen-bond donors (Lipinski definition) is 1. The average Bonchev–Trinajstić information content (AvgIpc) is 3.45. The molecule has 0 aromatic rings. The first kappa shape index (κ1) is 36.5. The number of aliphatic hydroxyl groups excluding tert-OH is 1. The van der Waals surface area contributed by atoms with E-state index in [1.165, 1.54) is 0 Å². The van der Waals surface area contributed by atoms with Gasteiger partial charge in [0.25, 0.3) is 0 Å². The molecule has 2 rings (SSSR count). The van der Waals surface area contributed by atoms with Crippen LogP contribution in [0.1, 0.15) is 80.1 Å². The highest BCUT2D eigenvalue weighted by Crippen LogP contribution is 2.21. The molecule has 1 N–H and O–H groups in total. The Morgan fingerprint density at radius 2 is 1.32 bits per heavy atom. The second-order valence-corrected chi connectivity index (χ2v) is 12.5. The van der Waals surface area contributed by atoms with Gasteiger partial charge in [0.05, 0.1) is 25.3 Å². The summed E-state index contributed by atoms with van der Waals surface area (Å²) in [5, 5.41) is 10.1. The molecule has 2 amide bonds. The zero-order chi connectivity index (χ0) is 28.5. The maximum Gasteiger partial charge on any atom is 0.410 e. The molecule has 2 saturated heterocycles. The number of hydrogen-bond acceptors (Lipinski definition) is 6. The lowest BCUT2D eigenvalue weighted by Gasteiger charge is -2.28. The molecule has 0 unspecified atom stereocenters. The van der Waals surface area contributed by atoms with Gasteiger partial charge in [-0.3, -0.25) is 0 Å². The number of halogens is 3. The Hall–Kier alpha value is -0.480. The standard InChI is InChI=1S/C13H24ClNO3.C10H19NO3.C3H6BrCl/c1-13(2,3)18-12(16)15-8-4-6-11(15)10-17-9-5-7-14;1-10(2,3)14-9(13)11-6-4-5-8(11)7-12;4-2-1-3-5/h11H,4-10H2,1-3H3;8,12H,4-7H2,1-3H3;1-3H2/t11-;8-;/m11./s1. The zero-order valence-electron chi connectivity index (χ0n) is 23.6. The van der Waals surface area contributed by atoms with Gasteiger partial charge in [0, 0.05) is 36.8 Å². The molecule has 0 bridgehead atoms. The normalized spacial score (nSPS) is 19.5. The largest absolute Gasteiger partial charge is 0.444 e. The quantitative estimate of drug-likeness (QED) is 0.245. The van der Waals surface area contributed by atoms with E-state index in [1.807, 2.05) is 41.5 Å². The van der Waals surface area contributed by atoms with Gasteiger partial charge < -0.3 is 29.1 Å². The zero-order valence-corrected chi connectivity index (χ0v) is 26.7.